The maximum absolute atomic E-state index is 13.8. The largest absolute Gasteiger partial charge is 0.493 e. The molecule has 0 saturated heterocycles. The number of carbonyl (C=O) groups is 1. The molecule has 32 heavy (non-hydrogen) atoms. The zero-order chi connectivity index (χ0) is 22.9. The van der Waals surface area contributed by atoms with Crippen molar-refractivity contribution in [3.05, 3.63) is 41.7 Å². The highest BCUT2D eigenvalue weighted by Gasteiger charge is 2.36. The van der Waals surface area contributed by atoms with Crippen LogP contribution < -0.4 is 14.8 Å². The zero-order valence-electron chi connectivity index (χ0n) is 17.7. The van der Waals surface area contributed by atoms with Crippen LogP contribution in [0.3, 0.4) is 0 Å². The van der Waals surface area contributed by atoms with Crippen molar-refractivity contribution < 1.29 is 27.4 Å². The molecule has 0 aliphatic heterocycles. The van der Waals surface area contributed by atoms with Gasteiger partial charge in [0, 0.05) is 11.6 Å². The van der Waals surface area contributed by atoms with E-state index in [0.29, 0.717) is 21.6 Å². The number of benzene rings is 1. The molecule has 2 aromatic heterocycles. The Labute approximate surface area is 182 Å². The van der Waals surface area contributed by atoms with Gasteiger partial charge in [-0.3, -0.25) is 4.79 Å². The molecule has 4 rings (SSSR count). The van der Waals surface area contributed by atoms with Gasteiger partial charge in [0.25, 0.3) is 5.91 Å². The Morgan fingerprint density at radius 3 is 2.47 bits per heavy atom. The average Bonchev–Trinajstić information content (AvgIpc) is 3.22. The van der Waals surface area contributed by atoms with Gasteiger partial charge in [0.05, 0.1) is 26.1 Å². The molecule has 1 aromatic carbocycles. The number of ether oxygens (including phenoxy) is 2. The highest BCUT2D eigenvalue weighted by molar-refractivity contribution is 6.00. The predicted molar refractivity (Wildman–Crippen MR) is 111 cm³/mol. The fourth-order valence-electron chi connectivity index (χ4n) is 3.98. The highest BCUT2D eigenvalue weighted by atomic mass is 19.4. The molecule has 1 amide bonds. The number of methoxy groups -OCH3 is 2. The SMILES string of the molecule is COc1ccc(-c2cc(C(F)(F)F)n3ncc(C(=O)NC4CCCCC4)c3n2)cc1OC. The molecule has 0 unspecified atom stereocenters. The maximum Gasteiger partial charge on any atom is 0.433 e. The van der Waals surface area contributed by atoms with Gasteiger partial charge in [-0.2, -0.15) is 18.3 Å². The normalized spacial score (nSPS) is 15.0. The van der Waals surface area contributed by atoms with E-state index in [1.807, 2.05) is 0 Å². The second-order valence-electron chi connectivity index (χ2n) is 7.70. The number of nitrogens with zero attached hydrogens (tertiary/aromatic N) is 3. The van der Waals surface area contributed by atoms with Crippen molar-refractivity contribution in [3.63, 3.8) is 0 Å². The van der Waals surface area contributed by atoms with Crippen LogP contribution >= 0.6 is 0 Å². The molecule has 3 aromatic rings. The third kappa shape index (κ3) is 4.21. The Kier molecular flexibility index (Phi) is 5.94. The van der Waals surface area contributed by atoms with Crippen LogP contribution in [0.5, 0.6) is 11.5 Å². The monoisotopic (exact) mass is 448 g/mol. The fraction of sp³-hybridized carbons (Fsp3) is 0.409. The summed E-state index contributed by atoms with van der Waals surface area (Å²) in [5, 5.41) is 6.74. The van der Waals surface area contributed by atoms with Gasteiger partial charge in [-0.05, 0) is 37.1 Å². The molecule has 0 atom stereocenters. The Balaban J connectivity index is 1.81. The molecular weight excluding hydrogens is 425 g/mol. The van der Waals surface area contributed by atoms with Crippen LogP contribution in [0.2, 0.25) is 0 Å². The van der Waals surface area contributed by atoms with Crippen LogP contribution in [0.25, 0.3) is 16.9 Å². The fourth-order valence-corrected chi connectivity index (χ4v) is 3.98. The second kappa shape index (κ2) is 8.68. The van der Waals surface area contributed by atoms with Crippen molar-refractivity contribution in [3.8, 4) is 22.8 Å². The van der Waals surface area contributed by atoms with Crippen molar-refractivity contribution in [1.82, 2.24) is 19.9 Å². The van der Waals surface area contributed by atoms with Gasteiger partial charge in [-0.1, -0.05) is 19.3 Å². The zero-order valence-corrected chi connectivity index (χ0v) is 17.7. The van der Waals surface area contributed by atoms with E-state index in [4.69, 9.17) is 9.47 Å². The number of carbonyl (C=O) groups excluding carboxylic acids is 1. The summed E-state index contributed by atoms with van der Waals surface area (Å²) in [5.74, 6) is 0.311. The first kappa shape index (κ1) is 21.9. The Morgan fingerprint density at radius 1 is 1.09 bits per heavy atom. The molecule has 7 nitrogen and oxygen atoms in total. The summed E-state index contributed by atoms with van der Waals surface area (Å²) in [6, 6.07) is 5.61. The predicted octanol–water partition coefficient (Wildman–Crippen LogP) is 4.49. The van der Waals surface area contributed by atoms with E-state index in [1.54, 1.807) is 12.1 Å². The van der Waals surface area contributed by atoms with E-state index in [0.717, 1.165) is 44.4 Å². The van der Waals surface area contributed by atoms with E-state index >= 15 is 0 Å². The summed E-state index contributed by atoms with van der Waals surface area (Å²) in [6.07, 6.45) is 1.28. The van der Waals surface area contributed by atoms with E-state index < -0.39 is 17.8 Å². The number of aromatic nitrogens is 3. The van der Waals surface area contributed by atoms with Gasteiger partial charge < -0.3 is 14.8 Å². The third-order valence-electron chi connectivity index (χ3n) is 5.63. The van der Waals surface area contributed by atoms with Crippen molar-refractivity contribution in [2.75, 3.05) is 14.2 Å². The number of halogens is 3. The van der Waals surface area contributed by atoms with Crippen molar-refractivity contribution in [2.24, 2.45) is 0 Å². The van der Waals surface area contributed by atoms with Crippen molar-refractivity contribution in [1.29, 1.82) is 0 Å². The van der Waals surface area contributed by atoms with Crippen molar-refractivity contribution in [2.45, 2.75) is 44.3 Å². The molecule has 1 aliphatic rings. The minimum atomic E-state index is -4.70. The van der Waals surface area contributed by atoms with Gasteiger partial charge in [0.1, 0.15) is 5.56 Å². The van der Waals surface area contributed by atoms with Crippen LogP contribution in [0.1, 0.15) is 48.2 Å². The number of fused-ring (bicyclic) bond motifs is 1. The van der Waals surface area contributed by atoms with Gasteiger partial charge in [0.2, 0.25) is 0 Å². The van der Waals surface area contributed by atoms with Crippen LogP contribution in [0.4, 0.5) is 13.2 Å². The summed E-state index contributed by atoms with van der Waals surface area (Å²) in [5.41, 5.74) is -0.751. The summed E-state index contributed by atoms with van der Waals surface area (Å²) in [7, 11) is 2.90. The lowest BCUT2D eigenvalue weighted by molar-refractivity contribution is -0.142. The maximum atomic E-state index is 13.8. The Bertz CT molecular complexity index is 1140. The van der Waals surface area contributed by atoms with E-state index in [-0.39, 0.29) is 22.9 Å². The summed E-state index contributed by atoms with van der Waals surface area (Å²) >= 11 is 0. The van der Waals surface area contributed by atoms with Crippen LogP contribution in [-0.4, -0.2) is 40.8 Å². The van der Waals surface area contributed by atoms with E-state index in [9.17, 15) is 18.0 Å². The molecule has 1 fully saturated rings. The molecule has 1 saturated carbocycles. The number of rotatable bonds is 5. The quantitative estimate of drug-likeness (QED) is 0.622. The number of hydrogen-bond donors (Lipinski definition) is 1. The molecule has 2 heterocycles. The lowest BCUT2D eigenvalue weighted by atomic mass is 9.95. The Morgan fingerprint density at radius 2 is 1.81 bits per heavy atom. The van der Waals surface area contributed by atoms with E-state index in [2.05, 4.69) is 15.4 Å². The Hall–Kier alpha value is -3.30. The van der Waals surface area contributed by atoms with Crippen LogP contribution in [0, 0.1) is 0 Å². The molecule has 1 aliphatic carbocycles. The molecule has 0 radical (unpaired) electrons. The lowest BCUT2D eigenvalue weighted by Gasteiger charge is -2.22. The summed E-state index contributed by atoms with van der Waals surface area (Å²) in [4.78, 5) is 17.2. The average molecular weight is 448 g/mol. The van der Waals surface area contributed by atoms with Gasteiger partial charge in [0.15, 0.2) is 22.8 Å². The molecule has 0 spiro atoms. The molecule has 10 heteroatoms. The van der Waals surface area contributed by atoms with Gasteiger partial charge >= 0.3 is 6.18 Å². The molecule has 0 bridgehead atoms. The first-order chi connectivity index (χ1) is 15.3. The topological polar surface area (TPSA) is 77.8 Å². The molecule has 1 N–H and O–H groups in total. The summed E-state index contributed by atoms with van der Waals surface area (Å²) < 4.78 is 52.6. The van der Waals surface area contributed by atoms with Gasteiger partial charge in [-0.15, -0.1) is 0 Å². The number of hydrogen-bond acceptors (Lipinski definition) is 5. The highest BCUT2D eigenvalue weighted by Crippen LogP contribution is 2.35. The lowest BCUT2D eigenvalue weighted by Crippen LogP contribution is -2.36. The first-order valence-corrected chi connectivity index (χ1v) is 10.3. The van der Waals surface area contributed by atoms with Crippen LogP contribution in [-0.2, 0) is 6.18 Å². The number of amides is 1. The molecule has 170 valence electrons. The van der Waals surface area contributed by atoms with Gasteiger partial charge in [-0.25, -0.2) is 9.50 Å². The third-order valence-corrected chi connectivity index (χ3v) is 5.63. The number of alkyl halides is 3. The minimum absolute atomic E-state index is 0.00215. The molecular formula is C22H23F3N4O3. The van der Waals surface area contributed by atoms with E-state index in [1.165, 1.54) is 20.3 Å². The first-order valence-electron chi connectivity index (χ1n) is 10.3. The van der Waals surface area contributed by atoms with Crippen LogP contribution in [0.15, 0.2) is 30.5 Å². The smallest absolute Gasteiger partial charge is 0.433 e. The summed E-state index contributed by atoms with van der Waals surface area (Å²) in [6.45, 7) is 0. The minimum Gasteiger partial charge on any atom is -0.493 e. The second-order valence-corrected chi connectivity index (χ2v) is 7.70. The van der Waals surface area contributed by atoms with Crippen molar-refractivity contribution >= 4 is 11.6 Å². The number of nitrogens with one attached hydrogen (secondary N) is 1. The standard InChI is InChI=1S/C22H23F3N4O3/c1-31-17-9-8-13(10-18(17)32-2)16-11-19(22(23,24)25)29-20(28-16)15(12-26-29)21(30)27-14-6-4-3-5-7-14/h8-12,14H,3-7H2,1-2H3,(H,27,30).